The predicted octanol–water partition coefficient (Wildman–Crippen LogP) is 5.87. The largest absolute Gasteiger partial charge is 0.378 e. The Morgan fingerprint density at radius 2 is 1.63 bits per heavy atom. The summed E-state index contributed by atoms with van der Waals surface area (Å²) in [6.07, 6.45) is 1.80. The molecule has 1 saturated heterocycles. The Bertz CT molecular complexity index is 1350. The van der Waals surface area contributed by atoms with E-state index in [-0.39, 0.29) is 17.9 Å². The van der Waals surface area contributed by atoms with Crippen molar-refractivity contribution >= 4 is 28.7 Å². The first-order valence-corrected chi connectivity index (χ1v) is 12.0. The standard InChI is InChI=1S/C28H28FN5S/c1-18-17-24(19(2)33(18)22-14-12-21(13-15-22)32(3)4)27-26(25-7-5-6-16-30-25)31-28(35)34(27)23-10-8-20(29)9-11-23/h5-17,26-27H,1-4H3,(H,31,35). The Morgan fingerprint density at radius 1 is 0.943 bits per heavy atom. The number of anilines is 2. The summed E-state index contributed by atoms with van der Waals surface area (Å²) in [5.41, 5.74) is 7.41. The third kappa shape index (κ3) is 4.17. The van der Waals surface area contributed by atoms with Crippen LogP contribution in [0.5, 0.6) is 0 Å². The zero-order valence-corrected chi connectivity index (χ0v) is 21.1. The molecule has 2 aromatic carbocycles. The second-order valence-electron chi connectivity index (χ2n) is 9.05. The Balaban J connectivity index is 1.64. The molecule has 4 aromatic rings. The van der Waals surface area contributed by atoms with Crippen molar-refractivity contribution in [3.8, 4) is 5.69 Å². The van der Waals surface area contributed by atoms with Gasteiger partial charge in [-0.1, -0.05) is 6.07 Å². The van der Waals surface area contributed by atoms with Gasteiger partial charge in [-0.2, -0.15) is 0 Å². The van der Waals surface area contributed by atoms with Crippen LogP contribution in [0.2, 0.25) is 0 Å². The number of thiocarbonyl (C=S) groups is 1. The summed E-state index contributed by atoms with van der Waals surface area (Å²) in [6, 6.07) is 22.9. The lowest BCUT2D eigenvalue weighted by atomic mass is 9.96. The van der Waals surface area contributed by atoms with Crippen molar-refractivity contribution in [3.05, 3.63) is 107 Å². The molecule has 1 aliphatic rings. The number of benzene rings is 2. The first-order valence-electron chi connectivity index (χ1n) is 11.6. The zero-order valence-electron chi connectivity index (χ0n) is 20.2. The summed E-state index contributed by atoms with van der Waals surface area (Å²) in [7, 11) is 4.08. The van der Waals surface area contributed by atoms with Gasteiger partial charge in [0, 0.05) is 48.7 Å². The van der Waals surface area contributed by atoms with E-state index in [1.54, 1.807) is 18.3 Å². The number of halogens is 1. The van der Waals surface area contributed by atoms with Gasteiger partial charge in [0.15, 0.2) is 5.11 Å². The molecule has 0 spiro atoms. The molecule has 5 rings (SSSR count). The summed E-state index contributed by atoms with van der Waals surface area (Å²) in [5.74, 6) is -0.274. The minimum atomic E-state index is -0.274. The maximum absolute atomic E-state index is 13.7. The second kappa shape index (κ2) is 9.15. The van der Waals surface area contributed by atoms with Gasteiger partial charge in [0.05, 0.1) is 17.8 Å². The van der Waals surface area contributed by atoms with E-state index in [1.807, 2.05) is 32.3 Å². The predicted molar refractivity (Wildman–Crippen MR) is 144 cm³/mol. The van der Waals surface area contributed by atoms with Gasteiger partial charge in [0.1, 0.15) is 5.82 Å². The fraction of sp³-hybridized carbons (Fsp3) is 0.214. The van der Waals surface area contributed by atoms with E-state index in [2.05, 4.69) is 68.8 Å². The van der Waals surface area contributed by atoms with Crippen molar-refractivity contribution in [1.29, 1.82) is 0 Å². The first-order chi connectivity index (χ1) is 16.8. The third-order valence-electron chi connectivity index (χ3n) is 6.62. The monoisotopic (exact) mass is 485 g/mol. The summed E-state index contributed by atoms with van der Waals surface area (Å²) < 4.78 is 16.0. The highest BCUT2D eigenvalue weighted by molar-refractivity contribution is 7.80. The zero-order chi connectivity index (χ0) is 24.7. The van der Waals surface area contributed by atoms with Crippen molar-refractivity contribution in [2.75, 3.05) is 23.9 Å². The molecule has 3 heterocycles. The third-order valence-corrected chi connectivity index (χ3v) is 6.93. The Morgan fingerprint density at radius 3 is 2.26 bits per heavy atom. The van der Waals surface area contributed by atoms with E-state index >= 15 is 0 Å². The number of rotatable bonds is 5. The number of nitrogens with zero attached hydrogens (tertiary/aromatic N) is 4. The summed E-state index contributed by atoms with van der Waals surface area (Å²) in [6.45, 7) is 4.26. The van der Waals surface area contributed by atoms with Crippen LogP contribution in [-0.4, -0.2) is 28.8 Å². The molecule has 5 nitrogen and oxygen atoms in total. The molecule has 1 N–H and O–H groups in total. The molecule has 0 saturated carbocycles. The lowest BCUT2D eigenvalue weighted by Crippen LogP contribution is -2.29. The van der Waals surface area contributed by atoms with Crippen molar-refractivity contribution in [2.45, 2.75) is 25.9 Å². The highest BCUT2D eigenvalue weighted by Crippen LogP contribution is 2.43. The smallest absolute Gasteiger partial charge is 0.174 e. The van der Waals surface area contributed by atoms with Crippen LogP contribution in [0.1, 0.15) is 34.7 Å². The molecule has 1 fully saturated rings. The van der Waals surface area contributed by atoms with E-state index in [0.717, 1.165) is 39.7 Å². The molecule has 0 bridgehead atoms. The normalized spacial score (nSPS) is 17.5. The lowest BCUT2D eigenvalue weighted by Gasteiger charge is -2.28. The van der Waals surface area contributed by atoms with Crippen LogP contribution in [0.25, 0.3) is 5.69 Å². The van der Waals surface area contributed by atoms with E-state index in [0.29, 0.717) is 5.11 Å². The maximum Gasteiger partial charge on any atom is 0.174 e. The van der Waals surface area contributed by atoms with Gasteiger partial charge in [0.2, 0.25) is 0 Å². The Labute approximate surface area is 210 Å². The summed E-state index contributed by atoms with van der Waals surface area (Å²) in [4.78, 5) is 8.81. The summed E-state index contributed by atoms with van der Waals surface area (Å²) in [5, 5.41) is 4.08. The van der Waals surface area contributed by atoms with Crippen molar-refractivity contribution in [3.63, 3.8) is 0 Å². The number of hydrogen-bond acceptors (Lipinski definition) is 3. The van der Waals surface area contributed by atoms with Crippen LogP contribution in [0.15, 0.2) is 79.0 Å². The Hall–Kier alpha value is -3.71. The van der Waals surface area contributed by atoms with Crippen LogP contribution >= 0.6 is 12.2 Å². The molecule has 0 radical (unpaired) electrons. The molecule has 2 aromatic heterocycles. The lowest BCUT2D eigenvalue weighted by molar-refractivity contribution is 0.565. The molecule has 178 valence electrons. The molecule has 7 heteroatoms. The van der Waals surface area contributed by atoms with Crippen LogP contribution in [0.4, 0.5) is 15.8 Å². The first kappa shape index (κ1) is 23.1. The van der Waals surface area contributed by atoms with Crippen LogP contribution < -0.4 is 15.1 Å². The van der Waals surface area contributed by atoms with Gasteiger partial charge >= 0.3 is 0 Å². The molecule has 35 heavy (non-hydrogen) atoms. The average molecular weight is 486 g/mol. The van der Waals surface area contributed by atoms with Gasteiger partial charge in [-0.25, -0.2) is 4.39 Å². The van der Waals surface area contributed by atoms with Crippen molar-refractivity contribution in [2.24, 2.45) is 0 Å². The van der Waals surface area contributed by atoms with E-state index in [9.17, 15) is 4.39 Å². The second-order valence-corrected chi connectivity index (χ2v) is 9.43. The number of hydrogen-bond donors (Lipinski definition) is 1. The summed E-state index contributed by atoms with van der Waals surface area (Å²) >= 11 is 5.81. The number of pyridine rings is 1. The number of nitrogens with one attached hydrogen (secondary N) is 1. The fourth-order valence-electron chi connectivity index (χ4n) is 4.93. The SMILES string of the molecule is Cc1cc(C2C(c3ccccn3)NC(=S)N2c2ccc(F)cc2)c(C)n1-c1ccc(N(C)C)cc1. The highest BCUT2D eigenvalue weighted by Gasteiger charge is 2.42. The van der Waals surface area contributed by atoms with Gasteiger partial charge in [-0.3, -0.25) is 4.98 Å². The highest BCUT2D eigenvalue weighted by atomic mass is 32.1. The van der Waals surface area contributed by atoms with Crippen LogP contribution in [0.3, 0.4) is 0 Å². The van der Waals surface area contributed by atoms with E-state index < -0.39 is 0 Å². The number of aryl methyl sites for hydroxylation is 1. The molecule has 0 aliphatic carbocycles. The molecule has 0 amide bonds. The van der Waals surface area contributed by atoms with Crippen LogP contribution in [0, 0.1) is 19.7 Å². The maximum atomic E-state index is 13.7. The van der Waals surface area contributed by atoms with Gasteiger partial charge in [0.25, 0.3) is 0 Å². The van der Waals surface area contributed by atoms with E-state index in [1.165, 1.54) is 12.1 Å². The molecular weight excluding hydrogens is 457 g/mol. The quantitative estimate of drug-likeness (QED) is 0.358. The minimum absolute atomic E-state index is 0.149. The fourth-order valence-corrected chi connectivity index (χ4v) is 5.28. The van der Waals surface area contributed by atoms with Crippen molar-refractivity contribution in [1.82, 2.24) is 14.9 Å². The van der Waals surface area contributed by atoms with Crippen LogP contribution in [-0.2, 0) is 0 Å². The Kier molecular flexibility index (Phi) is 6.03. The molecular formula is C28H28FN5S. The molecule has 2 unspecified atom stereocenters. The van der Waals surface area contributed by atoms with E-state index in [4.69, 9.17) is 12.2 Å². The van der Waals surface area contributed by atoms with Gasteiger partial charge in [-0.15, -0.1) is 0 Å². The average Bonchev–Trinajstić information content (AvgIpc) is 3.35. The van der Waals surface area contributed by atoms with Gasteiger partial charge < -0.3 is 19.7 Å². The molecule has 2 atom stereocenters. The topological polar surface area (TPSA) is 36.3 Å². The molecule has 1 aliphatic heterocycles. The minimum Gasteiger partial charge on any atom is -0.378 e. The van der Waals surface area contributed by atoms with Gasteiger partial charge in [-0.05, 0) is 98.4 Å². The van der Waals surface area contributed by atoms with Crippen molar-refractivity contribution < 1.29 is 4.39 Å². The number of aromatic nitrogens is 2.